The van der Waals surface area contributed by atoms with Crippen molar-refractivity contribution in [2.24, 2.45) is 5.92 Å². The van der Waals surface area contributed by atoms with Crippen LogP contribution in [0.3, 0.4) is 0 Å². The van der Waals surface area contributed by atoms with E-state index in [-0.39, 0.29) is 34.9 Å². The van der Waals surface area contributed by atoms with E-state index in [9.17, 15) is 19.2 Å². The van der Waals surface area contributed by atoms with Crippen LogP contribution in [0, 0.1) is 5.92 Å². The maximum absolute atomic E-state index is 13.1. The van der Waals surface area contributed by atoms with Gasteiger partial charge in [-0.3, -0.25) is 19.3 Å². The van der Waals surface area contributed by atoms with Gasteiger partial charge in [0, 0.05) is 6.07 Å². The number of hydrogen-bond donors (Lipinski definition) is 0. The first-order valence-electron chi connectivity index (χ1n) is 10.4. The molecule has 4 rings (SSSR count). The lowest BCUT2D eigenvalue weighted by Gasteiger charge is -2.28. The van der Waals surface area contributed by atoms with Crippen molar-refractivity contribution < 1.29 is 19.1 Å². The lowest BCUT2D eigenvalue weighted by molar-refractivity contribution is -0.151. The number of amides is 2. The fourth-order valence-electron chi connectivity index (χ4n) is 3.62. The normalized spacial score (nSPS) is 15.2. The van der Waals surface area contributed by atoms with Crippen LogP contribution in [-0.4, -0.2) is 43.3 Å². The summed E-state index contributed by atoms with van der Waals surface area (Å²) in [5.41, 5.74) is 0.460. The molecule has 1 aliphatic rings. The average Bonchev–Trinajstić information content (AvgIpc) is 3.33. The third-order valence-corrected chi connectivity index (χ3v) is 6.59. The molecular formula is C22H22N4O5S. The van der Waals surface area contributed by atoms with E-state index in [0.29, 0.717) is 17.8 Å². The number of esters is 1. The maximum atomic E-state index is 13.1. The Hall–Kier alpha value is -3.40. The van der Waals surface area contributed by atoms with Crippen LogP contribution in [-0.2, 0) is 22.6 Å². The van der Waals surface area contributed by atoms with Gasteiger partial charge in [-0.05, 0) is 24.5 Å². The zero-order valence-corrected chi connectivity index (χ0v) is 18.7. The first-order chi connectivity index (χ1) is 15.3. The van der Waals surface area contributed by atoms with Gasteiger partial charge in [-0.1, -0.05) is 50.7 Å². The maximum Gasteiger partial charge on any atom is 0.330 e. The molecule has 0 unspecified atom stereocenters. The lowest BCUT2D eigenvalue weighted by atomic mass is 9.97. The van der Waals surface area contributed by atoms with E-state index in [4.69, 9.17) is 4.74 Å². The van der Waals surface area contributed by atoms with Crippen molar-refractivity contribution in [2.75, 3.05) is 0 Å². The van der Waals surface area contributed by atoms with Crippen molar-refractivity contribution in [2.45, 2.75) is 46.3 Å². The highest BCUT2D eigenvalue weighted by molar-refractivity contribution is 7.16. The van der Waals surface area contributed by atoms with Gasteiger partial charge in [-0.25, -0.2) is 9.78 Å². The molecule has 166 valence electrons. The quantitative estimate of drug-likeness (QED) is 0.398. The van der Waals surface area contributed by atoms with Gasteiger partial charge >= 0.3 is 5.97 Å². The van der Waals surface area contributed by atoms with E-state index in [1.807, 2.05) is 13.8 Å². The number of nitrogens with zero attached hydrogens (tertiary/aromatic N) is 4. The van der Waals surface area contributed by atoms with Crippen molar-refractivity contribution in [3.05, 3.63) is 62.5 Å². The second-order valence-electron chi connectivity index (χ2n) is 7.59. The standard InChI is InChI=1S/C22H22N4O5S/c1-4-12(3)18(25-19(28)14-8-6-7-9-15(14)20(25)29)21(30)31-11-13-10-17(27)26-22(23-13)32-16(5-2)24-26/h6-10,12,18H,4-5,11H2,1-3H3/t12-,18-/m0/s1. The third-order valence-electron chi connectivity index (χ3n) is 5.53. The monoisotopic (exact) mass is 454 g/mol. The van der Waals surface area contributed by atoms with Gasteiger partial charge in [0.2, 0.25) is 4.96 Å². The van der Waals surface area contributed by atoms with Crippen LogP contribution < -0.4 is 5.56 Å². The minimum atomic E-state index is -1.08. The van der Waals surface area contributed by atoms with Crippen LogP contribution in [0.2, 0.25) is 0 Å². The minimum Gasteiger partial charge on any atom is -0.458 e. The SMILES string of the molecule is CCc1nn2c(=O)cc(COC(=O)[C@H]([C@@H](C)CC)N3C(=O)c4ccccc4C3=O)nc2s1. The fourth-order valence-corrected chi connectivity index (χ4v) is 4.48. The molecule has 0 bridgehead atoms. The van der Waals surface area contributed by atoms with Crippen molar-refractivity contribution in [3.63, 3.8) is 0 Å². The van der Waals surface area contributed by atoms with Crippen molar-refractivity contribution in [1.82, 2.24) is 19.5 Å². The molecule has 2 amide bonds. The molecule has 0 saturated carbocycles. The summed E-state index contributed by atoms with van der Waals surface area (Å²) >= 11 is 1.29. The number of hydrogen-bond acceptors (Lipinski definition) is 8. The molecule has 2 aromatic heterocycles. The van der Waals surface area contributed by atoms with E-state index < -0.39 is 23.8 Å². The molecule has 0 spiro atoms. The molecule has 0 N–H and O–H groups in total. The summed E-state index contributed by atoms with van der Waals surface area (Å²) in [5, 5.41) is 4.96. The van der Waals surface area contributed by atoms with Crippen LogP contribution >= 0.6 is 11.3 Å². The number of fused-ring (bicyclic) bond motifs is 2. The van der Waals surface area contributed by atoms with E-state index in [1.54, 1.807) is 31.2 Å². The number of benzene rings is 1. The molecule has 1 aliphatic heterocycles. The predicted molar refractivity (Wildman–Crippen MR) is 116 cm³/mol. The van der Waals surface area contributed by atoms with Gasteiger partial charge in [0.1, 0.15) is 17.7 Å². The van der Waals surface area contributed by atoms with Gasteiger partial charge in [0.05, 0.1) is 16.8 Å². The summed E-state index contributed by atoms with van der Waals surface area (Å²) in [6.45, 7) is 5.34. The largest absolute Gasteiger partial charge is 0.458 e. The molecule has 0 saturated heterocycles. The molecule has 0 radical (unpaired) electrons. The molecule has 9 nitrogen and oxygen atoms in total. The molecule has 1 aromatic carbocycles. The predicted octanol–water partition coefficient (Wildman–Crippen LogP) is 2.47. The smallest absolute Gasteiger partial charge is 0.330 e. The van der Waals surface area contributed by atoms with Crippen LogP contribution in [0.4, 0.5) is 0 Å². The lowest BCUT2D eigenvalue weighted by Crippen LogP contribution is -2.49. The minimum absolute atomic E-state index is 0.250. The Morgan fingerprint density at radius 3 is 2.38 bits per heavy atom. The number of aryl methyl sites for hydroxylation is 1. The number of carbonyl (C=O) groups excluding carboxylic acids is 3. The topological polar surface area (TPSA) is 111 Å². The Morgan fingerprint density at radius 2 is 1.78 bits per heavy atom. The highest BCUT2D eigenvalue weighted by atomic mass is 32.1. The summed E-state index contributed by atoms with van der Waals surface area (Å²) < 4.78 is 6.66. The van der Waals surface area contributed by atoms with E-state index in [1.165, 1.54) is 21.9 Å². The first-order valence-corrected chi connectivity index (χ1v) is 11.2. The van der Waals surface area contributed by atoms with Crippen molar-refractivity contribution in [3.8, 4) is 0 Å². The Morgan fingerprint density at radius 1 is 1.12 bits per heavy atom. The van der Waals surface area contributed by atoms with Gasteiger partial charge in [-0.2, -0.15) is 9.61 Å². The Balaban J connectivity index is 1.57. The molecular weight excluding hydrogens is 432 g/mol. The molecule has 32 heavy (non-hydrogen) atoms. The zero-order chi connectivity index (χ0) is 23.0. The number of carbonyl (C=O) groups is 3. The average molecular weight is 455 g/mol. The molecule has 0 aliphatic carbocycles. The summed E-state index contributed by atoms with van der Waals surface area (Å²) in [7, 11) is 0. The van der Waals surface area contributed by atoms with E-state index in [2.05, 4.69) is 10.1 Å². The van der Waals surface area contributed by atoms with Gasteiger partial charge < -0.3 is 4.74 Å². The Labute approximate surface area is 187 Å². The van der Waals surface area contributed by atoms with E-state index >= 15 is 0 Å². The molecule has 10 heteroatoms. The van der Waals surface area contributed by atoms with E-state index in [0.717, 1.165) is 9.91 Å². The Kier molecular flexibility index (Phi) is 5.88. The summed E-state index contributed by atoms with van der Waals surface area (Å²) in [6, 6.07) is 6.68. The highest BCUT2D eigenvalue weighted by Gasteiger charge is 2.45. The number of imide groups is 1. The van der Waals surface area contributed by atoms with Crippen LogP contribution in [0.1, 0.15) is 58.6 Å². The number of ether oxygens (including phenoxy) is 1. The van der Waals surface area contributed by atoms with Crippen LogP contribution in [0.25, 0.3) is 4.96 Å². The molecule has 3 heterocycles. The summed E-state index contributed by atoms with van der Waals surface area (Å²) in [6.07, 6.45) is 1.23. The summed E-state index contributed by atoms with van der Waals surface area (Å²) in [4.78, 5) is 56.9. The van der Waals surface area contributed by atoms with Crippen LogP contribution in [0.15, 0.2) is 35.1 Å². The molecule has 0 fully saturated rings. The number of rotatable bonds is 7. The van der Waals surface area contributed by atoms with Crippen molar-refractivity contribution in [1.29, 1.82) is 0 Å². The fraction of sp³-hybridized carbons (Fsp3) is 0.364. The number of aromatic nitrogens is 3. The Bertz CT molecular complexity index is 1250. The van der Waals surface area contributed by atoms with Gasteiger partial charge in [-0.15, -0.1) is 0 Å². The zero-order valence-electron chi connectivity index (χ0n) is 17.9. The second-order valence-corrected chi connectivity index (χ2v) is 8.63. The van der Waals surface area contributed by atoms with Crippen molar-refractivity contribution >= 4 is 34.1 Å². The van der Waals surface area contributed by atoms with Gasteiger partial charge in [0.15, 0.2) is 0 Å². The first kappa shape index (κ1) is 21.8. The second kappa shape index (κ2) is 8.62. The van der Waals surface area contributed by atoms with Crippen LogP contribution in [0.5, 0.6) is 0 Å². The van der Waals surface area contributed by atoms with Gasteiger partial charge in [0.25, 0.3) is 17.4 Å². The molecule has 3 aromatic rings. The summed E-state index contributed by atoms with van der Waals surface area (Å²) in [5.74, 6) is -2.06. The molecule has 2 atom stereocenters. The third kappa shape index (κ3) is 3.70. The highest BCUT2D eigenvalue weighted by Crippen LogP contribution is 2.29.